The molecule has 1 aromatic carbocycles. The molecule has 0 bridgehead atoms. The fraction of sp³-hybridized carbons (Fsp3) is 0.200. The molecule has 2 aromatic rings. The first kappa shape index (κ1) is 10.6. The first-order valence-corrected chi connectivity index (χ1v) is 5.78. The molecule has 1 aromatic heterocycles. The van der Waals surface area contributed by atoms with Gasteiger partial charge in [-0.15, -0.1) is 16.7 Å². The van der Waals surface area contributed by atoms with E-state index in [0.717, 1.165) is 21.4 Å². The normalized spacial score (nSPS) is 10.6. The molecular formula is C10H9BrClN3. The zero-order valence-electron chi connectivity index (χ0n) is 8.11. The van der Waals surface area contributed by atoms with Crippen molar-refractivity contribution in [2.45, 2.75) is 12.8 Å². The van der Waals surface area contributed by atoms with Crippen LogP contribution in [0.1, 0.15) is 11.3 Å². The highest BCUT2D eigenvalue weighted by molar-refractivity contribution is 9.10. The third-order valence-electron chi connectivity index (χ3n) is 2.10. The van der Waals surface area contributed by atoms with E-state index >= 15 is 0 Å². The molecule has 0 aliphatic carbocycles. The average Bonchev–Trinajstić information content (AvgIpc) is 2.70. The highest BCUT2D eigenvalue weighted by atomic mass is 79.9. The zero-order valence-corrected chi connectivity index (χ0v) is 10.5. The van der Waals surface area contributed by atoms with Crippen molar-refractivity contribution in [3.63, 3.8) is 0 Å². The van der Waals surface area contributed by atoms with Crippen molar-refractivity contribution in [2.24, 2.45) is 0 Å². The van der Waals surface area contributed by atoms with Gasteiger partial charge in [0.05, 0.1) is 23.5 Å². The Balaban J connectivity index is 2.49. The van der Waals surface area contributed by atoms with Gasteiger partial charge in [0, 0.05) is 4.47 Å². The fourth-order valence-corrected chi connectivity index (χ4v) is 1.85. The quantitative estimate of drug-likeness (QED) is 0.794. The van der Waals surface area contributed by atoms with E-state index in [0.29, 0.717) is 5.88 Å². The molecule has 0 amide bonds. The summed E-state index contributed by atoms with van der Waals surface area (Å²) in [6.45, 7) is 2.03. The summed E-state index contributed by atoms with van der Waals surface area (Å²) >= 11 is 9.20. The number of halogens is 2. The van der Waals surface area contributed by atoms with E-state index in [-0.39, 0.29) is 0 Å². The van der Waals surface area contributed by atoms with Crippen molar-refractivity contribution in [3.8, 4) is 5.69 Å². The third-order valence-corrected chi connectivity index (χ3v) is 3.40. The zero-order chi connectivity index (χ0) is 10.8. The monoisotopic (exact) mass is 285 g/mol. The van der Waals surface area contributed by atoms with Gasteiger partial charge in [0.25, 0.3) is 0 Å². The summed E-state index contributed by atoms with van der Waals surface area (Å²) in [4.78, 5) is 0. The standard InChI is InChI=1S/C10H9BrClN3/c1-7-3-2-4-9(10(7)11)15-6-8(5-12)13-14-15/h2-4,6H,5H2,1H3. The predicted molar refractivity (Wildman–Crippen MR) is 63.4 cm³/mol. The predicted octanol–water partition coefficient (Wildman–Crippen LogP) is 3.08. The largest absolute Gasteiger partial charge is 0.219 e. The Morgan fingerprint density at radius 3 is 2.93 bits per heavy atom. The molecule has 0 fully saturated rings. The topological polar surface area (TPSA) is 30.7 Å². The molecule has 1 heterocycles. The lowest BCUT2D eigenvalue weighted by Gasteiger charge is -2.05. The molecular weight excluding hydrogens is 277 g/mol. The molecule has 0 saturated heterocycles. The molecule has 0 spiro atoms. The molecule has 5 heteroatoms. The van der Waals surface area contributed by atoms with Crippen LogP contribution in [0.4, 0.5) is 0 Å². The number of benzene rings is 1. The van der Waals surface area contributed by atoms with Crippen LogP contribution in [0.3, 0.4) is 0 Å². The van der Waals surface area contributed by atoms with Crippen molar-refractivity contribution in [3.05, 3.63) is 40.1 Å². The summed E-state index contributed by atoms with van der Waals surface area (Å²) in [5.41, 5.74) is 2.90. The number of hydrogen-bond donors (Lipinski definition) is 0. The highest BCUT2D eigenvalue weighted by Crippen LogP contribution is 2.23. The third kappa shape index (κ3) is 2.06. The van der Waals surface area contributed by atoms with E-state index < -0.39 is 0 Å². The van der Waals surface area contributed by atoms with Gasteiger partial charge < -0.3 is 0 Å². The number of alkyl halides is 1. The maximum absolute atomic E-state index is 5.67. The van der Waals surface area contributed by atoms with Gasteiger partial charge in [0.1, 0.15) is 0 Å². The van der Waals surface area contributed by atoms with Crippen molar-refractivity contribution in [1.29, 1.82) is 0 Å². The minimum atomic E-state index is 0.378. The van der Waals surface area contributed by atoms with Crippen LogP contribution in [-0.4, -0.2) is 15.0 Å². The van der Waals surface area contributed by atoms with E-state index in [1.807, 2.05) is 31.3 Å². The molecule has 0 aliphatic heterocycles. The van der Waals surface area contributed by atoms with Crippen LogP contribution in [0.15, 0.2) is 28.9 Å². The Kier molecular flexibility index (Phi) is 3.07. The Morgan fingerprint density at radius 2 is 2.27 bits per heavy atom. The van der Waals surface area contributed by atoms with E-state index in [1.165, 1.54) is 0 Å². The molecule has 2 rings (SSSR count). The SMILES string of the molecule is Cc1cccc(-n2cc(CCl)nn2)c1Br. The molecule has 0 N–H and O–H groups in total. The first-order valence-electron chi connectivity index (χ1n) is 4.45. The van der Waals surface area contributed by atoms with Crippen molar-refractivity contribution in [2.75, 3.05) is 0 Å². The molecule has 78 valence electrons. The molecule has 0 saturated carbocycles. The van der Waals surface area contributed by atoms with Gasteiger partial charge in [-0.1, -0.05) is 17.3 Å². The second-order valence-electron chi connectivity index (χ2n) is 3.20. The molecule has 0 radical (unpaired) electrons. The van der Waals surface area contributed by atoms with Gasteiger partial charge in [-0.3, -0.25) is 0 Å². The average molecular weight is 287 g/mol. The molecule has 0 unspecified atom stereocenters. The van der Waals surface area contributed by atoms with Crippen LogP contribution in [0.5, 0.6) is 0 Å². The Hall–Kier alpha value is -0.870. The summed E-state index contributed by atoms with van der Waals surface area (Å²) in [5.74, 6) is 0.378. The van der Waals surface area contributed by atoms with E-state index in [2.05, 4.69) is 26.2 Å². The molecule has 3 nitrogen and oxygen atoms in total. The van der Waals surface area contributed by atoms with Gasteiger partial charge in [-0.2, -0.15) is 0 Å². The minimum Gasteiger partial charge on any atom is -0.219 e. The number of hydrogen-bond acceptors (Lipinski definition) is 2. The summed E-state index contributed by atoms with van der Waals surface area (Å²) in [6.07, 6.45) is 1.83. The van der Waals surface area contributed by atoms with Crippen LogP contribution in [-0.2, 0) is 5.88 Å². The Labute approximate surface area is 101 Å². The first-order chi connectivity index (χ1) is 7.22. The van der Waals surface area contributed by atoms with Crippen molar-refractivity contribution >= 4 is 27.5 Å². The van der Waals surface area contributed by atoms with Crippen molar-refractivity contribution in [1.82, 2.24) is 15.0 Å². The second-order valence-corrected chi connectivity index (χ2v) is 4.26. The summed E-state index contributed by atoms with van der Waals surface area (Å²) < 4.78 is 2.74. The Morgan fingerprint density at radius 1 is 1.47 bits per heavy atom. The maximum atomic E-state index is 5.67. The number of nitrogens with zero attached hydrogens (tertiary/aromatic N) is 3. The summed E-state index contributed by atoms with van der Waals surface area (Å²) in [7, 11) is 0. The van der Waals surface area contributed by atoms with E-state index in [9.17, 15) is 0 Å². The maximum Gasteiger partial charge on any atom is 0.0979 e. The van der Waals surface area contributed by atoms with Gasteiger partial charge in [-0.05, 0) is 34.5 Å². The lowest BCUT2D eigenvalue weighted by atomic mass is 10.2. The molecule has 0 atom stereocenters. The highest BCUT2D eigenvalue weighted by Gasteiger charge is 2.06. The van der Waals surface area contributed by atoms with Gasteiger partial charge in [0.2, 0.25) is 0 Å². The Bertz CT molecular complexity index is 481. The van der Waals surface area contributed by atoms with Gasteiger partial charge in [0.15, 0.2) is 0 Å². The van der Waals surface area contributed by atoms with Crippen LogP contribution >= 0.6 is 27.5 Å². The van der Waals surface area contributed by atoms with Crippen LogP contribution in [0.2, 0.25) is 0 Å². The minimum absolute atomic E-state index is 0.378. The fourth-order valence-electron chi connectivity index (χ4n) is 1.29. The van der Waals surface area contributed by atoms with Gasteiger partial charge >= 0.3 is 0 Å². The van der Waals surface area contributed by atoms with Gasteiger partial charge in [-0.25, -0.2) is 4.68 Å². The number of aryl methyl sites for hydroxylation is 1. The molecule has 0 aliphatic rings. The second kappa shape index (κ2) is 4.33. The molecule has 15 heavy (non-hydrogen) atoms. The number of rotatable bonds is 2. The van der Waals surface area contributed by atoms with Crippen LogP contribution in [0, 0.1) is 6.92 Å². The lowest BCUT2D eigenvalue weighted by molar-refractivity contribution is 0.796. The summed E-state index contributed by atoms with van der Waals surface area (Å²) in [6, 6.07) is 5.99. The van der Waals surface area contributed by atoms with E-state index in [1.54, 1.807) is 4.68 Å². The number of aromatic nitrogens is 3. The van der Waals surface area contributed by atoms with Crippen LogP contribution in [0.25, 0.3) is 5.69 Å². The lowest BCUT2D eigenvalue weighted by Crippen LogP contribution is -1.97. The van der Waals surface area contributed by atoms with E-state index in [4.69, 9.17) is 11.6 Å². The van der Waals surface area contributed by atoms with Crippen LogP contribution < -0.4 is 0 Å². The van der Waals surface area contributed by atoms with Crippen molar-refractivity contribution < 1.29 is 0 Å². The smallest absolute Gasteiger partial charge is 0.0979 e. The summed E-state index contributed by atoms with van der Waals surface area (Å²) in [5, 5.41) is 7.95.